The molecular weight excluding hydrogens is 424 g/mol. The lowest BCUT2D eigenvalue weighted by Gasteiger charge is -2.39. The number of hydrogen-bond acceptors (Lipinski definition) is 5. The van der Waals surface area contributed by atoms with Crippen LogP contribution in [-0.4, -0.2) is 99.4 Å². The molecule has 8 heteroatoms. The monoisotopic (exact) mass is 458 g/mol. The van der Waals surface area contributed by atoms with Gasteiger partial charge in [0.25, 0.3) is 10.2 Å². The van der Waals surface area contributed by atoms with Crippen molar-refractivity contribution in [2.24, 2.45) is 0 Å². The number of likely N-dealkylation sites (N-methyl/N-ethyl adjacent to an activating group) is 1. The Morgan fingerprint density at radius 2 is 1.22 bits per heavy atom. The molecule has 2 aromatic rings. The second kappa shape index (κ2) is 10.9. The van der Waals surface area contributed by atoms with E-state index in [-0.39, 0.29) is 6.10 Å². The summed E-state index contributed by atoms with van der Waals surface area (Å²) in [5.74, 6) is 0. The van der Waals surface area contributed by atoms with E-state index in [1.165, 1.54) is 0 Å². The fourth-order valence-corrected chi connectivity index (χ4v) is 5.88. The van der Waals surface area contributed by atoms with E-state index in [1.54, 1.807) is 8.61 Å². The van der Waals surface area contributed by atoms with E-state index < -0.39 is 10.2 Å². The first-order valence-corrected chi connectivity index (χ1v) is 12.8. The molecule has 2 fully saturated rings. The van der Waals surface area contributed by atoms with Gasteiger partial charge >= 0.3 is 0 Å². The molecule has 4 rings (SSSR count). The molecule has 0 radical (unpaired) electrons. The summed E-state index contributed by atoms with van der Waals surface area (Å²) in [7, 11) is -1.32. The largest absolute Gasteiger partial charge is 0.367 e. The van der Waals surface area contributed by atoms with Gasteiger partial charge in [0.2, 0.25) is 0 Å². The van der Waals surface area contributed by atoms with Gasteiger partial charge in [-0.3, -0.25) is 4.90 Å². The van der Waals surface area contributed by atoms with Crippen LogP contribution >= 0.6 is 0 Å². The first-order chi connectivity index (χ1) is 15.5. The molecule has 7 nitrogen and oxygen atoms in total. The predicted molar refractivity (Wildman–Crippen MR) is 127 cm³/mol. The van der Waals surface area contributed by atoms with Crippen LogP contribution in [0.3, 0.4) is 0 Å². The lowest BCUT2D eigenvalue weighted by atomic mass is 10.0. The molecule has 0 bridgehead atoms. The molecule has 174 valence electrons. The van der Waals surface area contributed by atoms with Crippen LogP contribution in [0.15, 0.2) is 60.7 Å². The average Bonchev–Trinajstić information content (AvgIpc) is 2.83. The van der Waals surface area contributed by atoms with Gasteiger partial charge in [0, 0.05) is 58.9 Å². The van der Waals surface area contributed by atoms with Crippen LogP contribution in [0.1, 0.15) is 17.2 Å². The fraction of sp³-hybridized carbons (Fsp3) is 0.500. The van der Waals surface area contributed by atoms with Gasteiger partial charge in [0.05, 0.1) is 6.61 Å². The molecule has 2 aliphatic rings. The SMILES string of the molecule is CN1CCN(S(=O)(=O)N2CCN(CCOC(c3ccccc3)c3ccccc3)CC2)CC1. The highest BCUT2D eigenvalue weighted by Gasteiger charge is 2.33. The van der Waals surface area contributed by atoms with Gasteiger partial charge in [0.1, 0.15) is 6.10 Å². The summed E-state index contributed by atoms with van der Waals surface area (Å²) in [6, 6.07) is 20.6. The average molecular weight is 459 g/mol. The fourth-order valence-electron chi connectivity index (χ4n) is 4.31. The summed E-state index contributed by atoms with van der Waals surface area (Å²) < 4.78 is 35.5. The maximum atomic E-state index is 13.0. The van der Waals surface area contributed by atoms with Crippen molar-refractivity contribution >= 4 is 10.2 Å². The van der Waals surface area contributed by atoms with Crippen molar-refractivity contribution in [3.8, 4) is 0 Å². The first kappa shape index (κ1) is 23.4. The van der Waals surface area contributed by atoms with E-state index in [1.807, 2.05) is 43.4 Å². The molecule has 0 amide bonds. The molecule has 0 atom stereocenters. The second-order valence-electron chi connectivity index (χ2n) is 8.52. The molecule has 0 unspecified atom stereocenters. The number of nitrogens with zero attached hydrogens (tertiary/aromatic N) is 4. The molecule has 32 heavy (non-hydrogen) atoms. The third kappa shape index (κ3) is 5.75. The van der Waals surface area contributed by atoms with Gasteiger partial charge in [0.15, 0.2) is 0 Å². The van der Waals surface area contributed by atoms with Crippen molar-refractivity contribution < 1.29 is 13.2 Å². The highest BCUT2D eigenvalue weighted by atomic mass is 32.2. The second-order valence-corrected chi connectivity index (χ2v) is 10.5. The molecule has 0 aliphatic carbocycles. The van der Waals surface area contributed by atoms with E-state index in [9.17, 15) is 8.42 Å². The van der Waals surface area contributed by atoms with Crippen LogP contribution in [0.4, 0.5) is 0 Å². The molecule has 2 heterocycles. The molecule has 0 aromatic heterocycles. The number of hydrogen-bond donors (Lipinski definition) is 0. The Morgan fingerprint density at radius 1 is 0.750 bits per heavy atom. The van der Waals surface area contributed by atoms with Crippen LogP contribution < -0.4 is 0 Å². The Kier molecular flexibility index (Phi) is 7.93. The predicted octanol–water partition coefficient (Wildman–Crippen LogP) is 1.90. The quantitative estimate of drug-likeness (QED) is 0.605. The highest BCUT2D eigenvalue weighted by Crippen LogP contribution is 2.25. The molecule has 0 N–H and O–H groups in total. The normalized spacial score (nSPS) is 20.1. The van der Waals surface area contributed by atoms with Crippen molar-refractivity contribution in [1.82, 2.24) is 18.4 Å². The minimum atomic E-state index is -3.36. The van der Waals surface area contributed by atoms with Gasteiger partial charge in [-0.15, -0.1) is 0 Å². The maximum absolute atomic E-state index is 13.0. The molecule has 0 spiro atoms. The van der Waals surface area contributed by atoms with Crippen LogP contribution in [0.2, 0.25) is 0 Å². The van der Waals surface area contributed by atoms with Gasteiger partial charge in [-0.05, 0) is 18.2 Å². The summed E-state index contributed by atoms with van der Waals surface area (Å²) in [5.41, 5.74) is 2.28. The van der Waals surface area contributed by atoms with E-state index in [4.69, 9.17) is 4.74 Å². The molecule has 2 aliphatic heterocycles. The minimum Gasteiger partial charge on any atom is -0.367 e. The Hall–Kier alpha value is -1.81. The van der Waals surface area contributed by atoms with Gasteiger partial charge < -0.3 is 9.64 Å². The standard InChI is InChI=1S/C24H34N4O3S/c1-25-12-16-27(17-13-25)32(29,30)28-18-14-26(15-19-28)20-21-31-24(22-8-4-2-5-9-22)23-10-6-3-7-11-23/h2-11,24H,12-21H2,1H3. The molecule has 2 saturated heterocycles. The van der Waals surface area contributed by atoms with E-state index in [0.29, 0.717) is 32.8 Å². The van der Waals surface area contributed by atoms with E-state index in [2.05, 4.69) is 34.1 Å². The zero-order chi connectivity index (χ0) is 22.4. The number of benzene rings is 2. The summed E-state index contributed by atoms with van der Waals surface area (Å²) in [5, 5.41) is 0. The highest BCUT2D eigenvalue weighted by molar-refractivity contribution is 7.86. The van der Waals surface area contributed by atoms with Crippen molar-refractivity contribution in [2.75, 3.05) is 72.6 Å². The Labute approximate surface area is 192 Å². The summed E-state index contributed by atoms with van der Waals surface area (Å²) >= 11 is 0. The first-order valence-electron chi connectivity index (χ1n) is 11.4. The molecular formula is C24H34N4O3S. The Morgan fingerprint density at radius 3 is 1.72 bits per heavy atom. The molecule has 2 aromatic carbocycles. The van der Waals surface area contributed by atoms with E-state index in [0.717, 1.165) is 43.9 Å². The van der Waals surface area contributed by atoms with Crippen molar-refractivity contribution in [3.63, 3.8) is 0 Å². The zero-order valence-corrected chi connectivity index (χ0v) is 19.7. The third-order valence-corrected chi connectivity index (χ3v) is 8.38. The van der Waals surface area contributed by atoms with Crippen molar-refractivity contribution in [2.45, 2.75) is 6.10 Å². The van der Waals surface area contributed by atoms with Crippen molar-refractivity contribution in [3.05, 3.63) is 71.8 Å². The van der Waals surface area contributed by atoms with Gasteiger partial charge in [-0.1, -0.05) is 60.7 Å². The Balaban J connectivity index is 1.28. The Bertz CT molecular complexity index is 887. The summed E-state index contributed by atoms with van der Waals surface area (Å²) in [4.78, 5) is 4.46. The number of piperazine rings is 2. The lowest BCUT2D eigenvalue weighted by Crippen LogP contribution is -2.56. The van der Waals surface area contributed by atoms with Crippen LogP contribution in [-0.2, 0) is 14.9 Å². The summed E-state index contributed by atoms with van der Waals surface area (Å²) in [6.07, 6.45) is -0.101. The topological polar surface area (TPSA) is 56.3 Å². The zero-order valence-electron chi connectivity index (χ0n) is 18.8. The van der Waals surface area contributed by atoms with Crippen LogP contribution in [0.5, 0.6) is 0 Å². The van der Waals surface area contributed by atoms with Gasteiger partial charge in [-0.2, -0.15) is 17.0 Å². The van der Waals surface area contributed by atoms with Gasteiger partial charge in [-0.25, -0.2) is 0 Å². The number of ether oxygens (including phenoxy) is 1. The minimum absolute atomic E-state index is 0.101. The smallest absolute Gasteiger partial charge is 0.282 e. The molecule has 0 saturated carbocycles. The van der Waals surface area contributed by atoms with Crippen LogP contribution in [0, 0.1) is 0 Å². The van der Waals surface area contributed by atoms with E-state index >= 15 is 0 Å². The lowest BCUT2D eigenvalue weighted by molar-refractivity contribution is 0.0521. The summed E-state index contributed by atoms with van der Waals surface area (Å²) in [6.45, 7) is 6.67. The van der Waals surface area contributed by atoms with Crippen LogP contribution in [0.25, 0.3) is 0 Å². The third-order valence-electron chi connectivity index (χ3n) is 6.34. The van der Waals surface area contributed by atoms with Crippen molar-refractivity contribution in [1.29, 1.82) is 0 Å². The number of rotatable bonds is 8. The maximum Gasteiger partial charge on any atom is 0.282 e.